The van der Waals surface area contributed by atoms with Crippen LogP contribution in [-0.2, 0) is 14.6 Å². The number of alkyl halides is 1. The number of nitrogens with one attached hydrogen (secondary N) is 1. The van der Waals surface area contributed by atoms with E-state index in [0.29, 0.717) is 25.2 Å². The van der Waals surface area contributed by atoms with Gasteiger partial charge in [0.1, 0.15) is 21.8 Å². The average Bonchev–Trinajstić information content (AvgIpc) is 2.93. The smallest absolute Gasteiger partial charge is 0.147 e. The maximum atomic E-state index is 14.6. The maximum Gasteiger partial charge on any atom is 0.147 e. The van der Waals surface area contributed by atoms with Gasteiger partial charge in [0.05, 0.1) is 18.4 Å². The van der Waals surface area contributed by atoms with Gasteiger partial charge in [-0.15, -0.1) is 0 Å². The molecule has 1 aromatic heterocycles. The zero-order valence-corrected chi connectivity index (χ0v) is 27.2. The number of hydrogen-bond acceptors (Lipinski definition) is 6. The fourth-order valence-corrected chi connectivity index (χ4v) is 5.91. The summed E-state index contributed by atoms with van der Waals surface area (Å²) in [7, 11) is -1.50. The monoisotopic (exact) mass is 595 g/mol. The minimum atomic E-state index is -3.06. The first-order valence-corrected chi connectivity index (χ1v) is 16.6. The van der Waals surface area contributed by atoms with Crippen molar-refractivity contribution in [3.8, 4) is 11.8 Å². The number of fused-ring (bicyclic) bond motifs is 1. The van der Waals surface area contributed by atoms with E-state index in [2.05, 4.69) is 43.7 Å². The van der Waals surface area contributed by atoms with Crippen LogP contribution in [-0.4, -0.2) is 62.8 Å². The quantitative estimate of drug-likeness (QED) is 0.236. The van der Waals surface area contributed by atoms with Gasteiger partial charge in [-0.25, -0.2) is 17.8 Å². The molecule has 42 heavy (non-hydrogen) atoms. The van der Waals surface area contributed by atoms with Crippen molar-refractivity contribution in [1.29, 1.82) is 0 Å². The molecule has 0 bridgehead atoms. The number of halogens is 1. The van der Waals surface area contributed by atoms with E-state index in [1.807, 2.05) is 63.1 Å². The van der Waals surface area contributed by atoms with E-state index in [9.17, 15) is 12.8 Å². The summed E-state index contributed by atoms with van der Waals surface area (Å²) >= 11 is 0. The van der Waals surface area contributed by atoms with Gasteiger partial charge in [0.25, 0.3) is 0 Å². The van der Waals surface area contributed by atoms with E-state index in [0.717, 1.165) is 33.3 Å². The number of anilines is 1. The Balaban J connectivity index is 1.97. The van der Waals surface area contributed by atoms with Crippen LogP contribution in [0, 0.1) is 17.3 Å². The fraction of sp³-hybridized carbons (Fsp3) is 0.500. The normalized spacial score (nSPS) is 18.7. The summed E-state index contributed by atoms with van der Waals surface area (Å²) in [6.07, 6.45) is 6.66. The van der Waals surface area contributed by atoms with Gasteiger partial charge in [-0.1, -0.05) is 44.4 Å². The van der Waals surface area contributed by atoms with E-state index in [1.165, 1.54) is 11.8 Å². The predicted molar refractivity (Wildman–Crippen MR) is 173 cm³/mol. The summed E-state index contributed by atoms with van der Waals surface area (Å²) in [6, 6.07) is 6.18. The van der Waals surface area contributed by atoms with Crippen LogP contribution < -0.4 is 5.32 Å². The molecular formula is C34H46FN3O3S. The van der Waals surface area contributed by atoms with E-state index >= 15 is 0 Å². The van der Waals surface area contributed by atoms with Crippen LogP contribution in [0.1, 0.15) is 71.4 Å². The van der Waals surface area contributed by atoms with Gasteiger partial charge in [0.15, 0.2) is 0 Å². The molecule has 2 heterocycles. The van der Waals surface area contributed by atoms with E-state index < -0.39 is 21.4 Å². The van der Waals surface area contributed by atoms with Crippen molar-refractivity contribution in [2.75, 3.05) is 37.5 Å². The van der Waals surface area contributed by atoms with Crippen LogP contribution in [0.2, 0.25) is 0 Å². The van der Waals surface area contributed by atoms with E-state index in [1.54, 1.807) is 7.11 Å². The number of methoxy groups -OCH3 is 1. The molecule has 1 saturated heterocycles. The molecule has 1 aliphatic heterocycles. The molecule has 1 aliphatic rings. The number of hydrogen-bond donors (Lipinski definition) is 1. The van der Waals surface area contributed by atoms with Gasteiger partial charge in [-0.3, -0.25) is 0 Å². The Kier molecular flexibility index (Phi) is 11.0. The molecule has 2 aromatic rings. The minimum absolute atomic E-state index is 0.103. The first-order chi connectivity index (χ1) is 19.7. The molecule has 8 heteroatoms. The molecule has 0 spiro atoms. The third-order valence-corrected chi connectivity index (χ3v) is 8.73. The summed E-state index contributed by atoms with van der Waals surface area (Å²) < 4.78 is 43.2. The van der Waals surface area contributed by atoms with Gasteiger partial charge in [-0.05, 0) is 81.2 Å². The number of piperidine rings is 1. The standard InChI is InChI=1S/C34H46FN3O3S/c1-10-11-31(24(4)25(5)38-18-15-32(41-8)30(35)22-38)37-33-20-28-27(23(2)3)13-12-26(29(28)21-36-33)14-16-34(6,7)17-19-42(9,39)40/h10-13,20-21,23,30,32H,5,15,17-19,22H2,1-4,6-9H3,(H,36,37)/b11-10-,31-24+/t30-,32+/m1/s1. The lowest BCUT2D eigenvalue weighted by Gasteiger charge is -2.37. The SMILES string of the molecule is C=C(/C(C)=C(\C=C/C)Nc1cc2c(C(C)C)ccc(C#CC(C)(C)CCS(C)(=O)=O)c2cn1)N1CC[C@H](OC)[C@H](F)C1. The van der Waals surface area contributed by atoms with Crippen LogP contribution >= 0.6 is 0 Å². The van der Waals surface area contributed by atoms with Crippen LogP contribution in [0.15, 0.2) is 60.1 Å². The second-order valence-electron chi connectivity index (χ2n) is 12.1. The second-order valence-corrected chi connectivity index (χ2v) is 14.4. The summed E-state index contributed by atoms with van der Waals surface area (Å²) in [6.45, 7) is 17.4. The van der Waals surface area contributed by atoms with Crippen LogP contribution in [0.5, 0.6) is 0 Å². The average molecular weight is 596 g/mol. The fourth-order valence-electron chi connectivity index (χ4n) is 5.03. The molecule has 0 aliphatic carbocycles. The highest BCUT2D eigenvalue weighted by molar-refractivity contribution is 7.90. The number of likely N-dealkylation sites (tertiary alicyclic amines) is 1. The van der Waals surface area contributed by atoms with Gasteiger partial charge in [0, 0.05) is 53.9 Å². The summed E-state index contributed by atoms with van der Waals surface area (Å²) in [4.78, 5) is 6.72. The van der Waals surface area contributed by atoms with Crippen molar-refractivity contribution in [1.82, 2.24) is 9.88 Å². The van der Waals surface area contributed by atoms with Crippen LogP contribution in [0.25, 0.3) is 10.8 Å². The number of pyridine rings is 1. The molecule has 6 nitrogen and oxygen atoms in total. The Hall–Kier alpha value is -3.15. The van der Waals surface area contributed by atoms with Crippen molar-refractivity contribution in [2.45, 2.75) is 72.6 Å². The molecule has 0 unspecified atom stereocenters. The van der Waals surface area contributed by atoms with Crippen molar-refractivity contribution < 1.29 is 17.5 Å². The van der Waals surface area contributed by atoms with Gasteiger partial charge in [-0.2, -0.15) is 0 Å². The Morgan fingerprint density at radius 1 is 1.33 bits per heavy atom. The molecular weight excluding hydrogens is 549 g/mol. The van der Waals surface area contributed by atoms with Gasteiger partial charge in [0.2, 0.25) is 0 Å². The number of allylic oxidation sites excluding steroid dienone is 3. The first kappa shape index (κ1) is 33.4. The third kappa shape index (κ3) is 8.68. The van der Waals surface area contributed by atoms with Crippen molar-refractivity contribution in [3.63, 3.8) is 0 Å². The first-order valence-electron chi connectivity index (χ1n) is 14.5. The number of rotatable bonds is 10. The molecule has 0 amide bonds. The summed E-state index contributed by atoms with van der Waals surface area (Å²) in [5.41, 5.74) is 4.12. The number of ether oxygens (including phenoxy) is 1. The Morgan fingerprint density at radius 2 is 2.05 bits per heavy atom. The number of aromatic nitrogens is 1. The van der Waals surface area contributed by atoms with E-state index in [-0.39, 0.29) is 24.3 Å². The third-order valence-electron chi connectivity index (χ3n) is 7.79. The largest absolute Gasteiger partial charge is 0.378 e. The van der Waals surface area contributed by atoms with E-state index in [4.69, 9.17) is 9.72 Å². The zero-order valence-electron chi connectivity index (χ0n) is 26.3. The van der Waals surface area contributed by atoms with Crippen LogP contribution in [0.3, 0.4) is 0 Å². The molecule has 2 atom stereocenters. The van der Waals surface area contributed by atoms with Gasteiger partial charge >= 0.3 is 0 Å². The summed E-state index contributed by atoms with van der Waals surface area (Å²) in [5.74, 6) is 7.68. The zero-order chi connectivity index (χ0) is 31.2. The maximum absolute atomic E-state index is 14.6. The molecule has 1 aromatic carbocycles. The number of sulfone groups is 1. The van der Waals surface area contributed by atoms with Crippen molar-refractivity contribution in [3.05, 3.63) is 71.2 Å². The Labute approximate surface area is 252 Å². The molecule has 1 N–H and O–H groups in total. The second kappa shape index (κ2) is 13.9. The van der Waals surface area contributed by atoms with Crippen molar-refractivity contribution in [2.24, 2.45) is 5.41 Å². The highest BCUT2D eigenvalue weighted by Gasteiger charge is 2.30. The predicted octanol–water partition coefficient (Wildman–Crippen LogP) is 7.01. The van der Waals surface area contributed by atoms with Crippen LogP contribution in [0.4, 0.5) is 10.2 Å². The lowest BCUT2D eigenvalue weighted by molar-refractivity contribution is -0.0133. The number of nitrogens with zero attached hydrogens (tertiary/aromatic N) is 2. The van der Waals surface area contributed by atoms with Gasteiger partial charge < -0.3 is 15.0 Å². The molecule has 3 rings (SSSR count). The molecule has 1 fully saturated rings. The number of benzene rings is 1. The summed E-state index contributed by atoms with van der Waals surface area (Å²) in [5, 5.41) is 5.49. The molecule has 228 valence electrons. The van der Waals surface area contributed by atoms with Crippen molar-refractivity contribution >= 4 is 26.4 Å². The highest BCUT2D eigenvalue weighted by atomic mass is 32.2. The lowest BCUT2D eigenvalue weighted by atomic mass is 9.90. The lowest BCUT2D eigenvalue weighted by Crippen LogP contribution is -2.44. The topological polar surface area (TPSA) is 71.5 Å². The Bertz CT molecular complexity index is 1530. The Morgan fingerprint density at radius 3 is 2.64 bits per heavy atom. The molecule has 0 saturated carbocycles. The minimum Gasteiger partial charge on any atom is -0.378 e. The molecule has 0 radical (unpaired) electrons. The highest BCUT2D eigenvalue weighted by Crippen LogP contribution is 2.31.